The first kappa shape index (κ1) is 22.3. The van der Waals surface area contributed by atoms with Gasteiger partial charge in [-0.25, -0.2) is 9.59 Å². The predicted molar refractivity (Wildman–Crippen MR) is 118 cm³/mol. The monoisotopic (exact) mass is 421 g/mol. The SMILES string of the molecule is CCCCOC(=O)c1c(C(=O)OCCCC)c2ccccn2c1C(=O)c1ccccc1. The van der Waals surface area contributed by atoms with Crippen molar-refractivity contribution in [3.8, 4) is 0 Å². The van der Waals surface area contributed by atoms with Crippen molar-refractivity contribution < 1.29 is 23.9 Å². The van der Waals surface area contributed by atoms with Crippen LogP contribution in [-0.4, -0.2) is 35.3 Å². The van der Waals surface area contributed by atoms with Gasteiger partial charge in [0.1, 0.15) is 16.8 Å². The summed E-state index contributed by atoms with van der Waals surface area (Å²) < 4.78 is 12.4. The number of aromatic nitrogens is 1. The molecule has 0 aliphatic rings. The molecular weight excluding hydrogens is 394 g/mol. The van der Waals surface area contributed by atoms with Gasteiger partial charge in [-0.2, -0.15) is 0 Å². The van der Waals surface area contributed by atoms with Crippen molar-refractivity contribution in [2.75, 3.05) is 13.2 Å². The summed E-state index contributed by atoms with van der Waals surface area (Å²) in [4.78, 5) is 39.5. The minimum atomic E-state index is -0.695. The van der Waals surface area contributed by atoms with Crippen molar-refractivity contribution in [1.82, 2.24) is 4.40 Å². The zero-order valence-corrected chi connectivity index (χ0v) is 17.9. The summed E-state index contributed by atoms with van der Waals surface area (Å²) in [6, 6.07) is 13.9. The Labute approximate surface area is 181 Å². The third kappa shape index (κ3) is 4.85. The predicted octanol–water partition coefficient (Wildman–Crippen LogP) is 5.08. The van der Waals surface area contributed by atoms with Gasteiger partial charge in [0.2, 0.25) is 5.78 Å². The summed E-state index contributed by atoms with van der Waals surface area (Å²) in [6.45, 7) is 4.44. The van der Waals surface area contributed by atoms with E-state index in [1.165, 1.54) is 0 Å². The van der Waals surface area contributed by atoms with Gasteiger partial charge in [0.25, 0.3) is 0 Å². The van der Waals surface area contributed by atoms with E-state index in [1.54, 1.807) is 53.1 Å². The Morgan fingerprint density at radius 3 is 1.97 bits per heavy atom. The molecule has 0 fully saturated rings. The Kier molecular flexibility index (Phi) is 7.60. The van der Waals surface area contributed by atoms with E-state index in [0.717, 1.165) is 12.8 Å². The fourth-order valence-electron chi connectivity index (χ4n) is 3.33. The topological polar surface area (TPSA) is 74.1 Å². The Morgan fingerprint density at radius 2 is 1.35 bits per heavy atom. The highest BCUT2D eigenvalue weighted by molar-refractivity contribution is 6.19. The van der Waals surface area contributed by atoms with Gasteiger partial charge in [-0.1, -0.05) is 63.1 Å². The molecule has 0 unspecified atom stereocenters. The van der Waals surface area contributed by atoms with E-state index in [-0.39, 0.29) is 35.8 Å². The van der Waals surface area contributed by atoms with E-state index in [0.29, 0.717) is 23.9 Å². The molecule has 6 heteroatoms. The zero-order valence-electron chi connectivity index (χ0n) is 17.9. The second-order valence-corrected chi connectivity index (χ2v) is 7.23. The highest BCUT2D eigenvalue weighted by atomic mass is 16.5. The number of ketones is 1. The van der Waals surface area contributed by atoms with Crippen molar-refractivity contribution in [1.29, 1.82) is 0 Å². The number of rotatable bonds is 10. The van der Waals surface area contributed by atoms with Gasteiger partial charge in [-0.3, -0.25) is 4.79 Å². The number of unbranched alkanes of at least 4 members (excludes halogenated alkanes) is 2. The first-order chi connectivity index (χ1) is 15.1. The Hall–Kier alpha value is -3.41. The number of pyridine rings is 1. The molecule has 0 aliphatic heterocycles. The fourth-order valence-corrected chi connectivity index (χ4v) is 3.33. The molecule has 0 amide bonds. The zero-order chi connectivity index (χ0) is 22.2. The van der Waals surface area contributed by atoms with Crippen LogP contribution in [0.4, 0.5) is 0 Å². The minimum Gasteiger partial charge on any atom is -0.462 e. The average Bonchev–Trinajstić information content (AvgIpc) is 3.15. The molecule has 2 aromatic heterocycles. The van der Waals surface area contributed by atoms with Crippen LogP contribution in [0.15, 0.2) is 54.7 Å². The molecule has 1 aromatic carbocycles. The van der Waals surface area contributed by atoms with Gasteiger partial charge in [-0.05, 0) is 25.0 Å². The second-order valence-electron chi connectivity index (χ2n) is 7.23. The van der Waals surface area contributed by atoms with E-state index in [2.05, 4.69) is 0 Å². The number of esters is 2. The molecule has 0 saturated heterocycles. The highest BCUT2D eigenvalue weighted by Gasteiger charge is 2.33. The van der Waals surface area contributed by atoms with E-state index < -0.39 is 11.9 Å². The number of carbonyl (C=O) groups excluding carboxylic acids is 3. The summed E-state index contributed by atoms with van der Waals surface area (Å²) >= 11 is 0. The van der Waals surface area contributed by atoms with Crippen LogP contribution in [0.25, 0.3) is 5.52 Å². The number of ether oxygens (including phenoxy) is 2. The fraction of sp³-hybridized carbons (Fsp3) is 0.320. The van der Waals surface area contributed by atoms with E-state index in [4.69, 9.17) is 9.47 Å². The maximum absolute atomic E-state index is 13.4. The van der Waals surface area contributed by atoms with Crippen molar-refractivity contribution in [2.24, 2.45) is 0 Å². The van der Waals surface area contributed by atoms with E-state index in [1.807, 2.05) is 19.9 Å². The lowest BCUT2D eigenvalue weighted by atomic mass is 10.0. The molecule has 3 rings (SSSR count). The molecule has 0 radical (unpaired) electrons. The highest BCUT2D eigenvalue weighted by Crippen LogP contribution is 2.28. The number of hydrogen-bond donors (Lipinski definition) is 0. The van der Waals surface area contributed by atoms with Crippen LogP contribution in [0.3, 0.4) is 0 Å². The lowest BCUT2D eigenvalue weighted by molar-refractivity contribution is 0.0454. The third-order valence-electron chi connectivity index (χ3n) is 4.97. The van der Waals surface area contributed by atoms with Gasteiger partial charge in [0.15, 0.2) is 0 Å². The Bertz CT molecular complexity index is 1070. The number of benzene rings is 1. The number of fused-ring (bicyclic) bond motifs is 1. The third-order valence-corrected chi connectivity index (χ3v) is 4.97. The summed E-state index contributed by atoms with van der Waals surface area (Å²) in [6.07, 6.45) is 4.79. The van der Waals surface area contributed by atoms with Gasteiger partial charge in [-0.15, -0.1) is 0 Å². The van der Waals surface area contributed by atoms with Crippen molar-refractivity contribution in [2.45, 2.75) is 39.5 Å². The molecule has 0 aliphatic carbocycles. The maximum atomic E-state index is 13.4. The summed E-state index contributed by atoms with van der Waals surface area (Å²) in [7, 11) is 0. The standard InChI is InChI=1S/C25H27NO5/c1-3-5-16-30-24(28)20-19-14-10-11-15-26(19)22(21(20)25(29)31-17-6-4-2)23(27)18-12-8-7-9-13-18/h7-15H,3-6,16-17H2,1-2H3. The van der Waals surface area contributed by atoms with E-state index >= 15 is 0 Å². The molecule has 0 spiro atoms. The summed E-state index contributed by atoms with van der Waals surface area (Å²) in [5, 5.41) is 0. The number of hydrogen-bond acceptors (Lipinski definition) is 5. The van der Waals surface area contributed by atoms with E-state index in [9.17, 15) is 14.4 Å². The van der Waals surface area contributed by atoms with Crippen molar-refractivity contribution in [3.05, 3.63) is 77.1 Å². The Morgan fingerprint density at radius 1 is 0.774 bits per heavy atom. The van der Waals surface area contributed by atoms with Crippen LogP contribution in [-0.2, 0) is 9.47 Å². The molecule has 3 aromatic rings. The van der Waals surface area contributed by atoms with Crippen LogP contribution in [0.1, 0.15) is 76.3 Å². The molecule has 31 heavy (non-hydrogen) atoms. The second kappa shape index (κ2) is 10.6. The molecular formula is C25H27NO5. The maximum Gasteiger partial charge on any atom is 0.341 e. The average molecular weight is 421 g/mol. The molecule has 0 bridgehead atoms. The van der Waals surface area contributed by atoms with Gasteiger partial charge in [0.05, 0.1) is 18.7 Å². The number of nitrogens with zero attached hydrogens (tertiary/aromatic N) is 1. The van der Waals surface area contributed by atoms with Crippen LogP contribution in [0, 0.1) is 0 Å². The summed E-state index contributed by atoms with van der Waals surface area (Å²) in [5.41, 5.74) is 0.978. The first-order valence-corrected chi connectivity index (χ1v) is 10.7. The van der Waals surface area contributed by atoms with Crippen LogP contribution >= 0.6 is 0 Å². The number of carbonyl (C=O) groups is 3. The van der Waals surface area contributed by atoms with Gasteiger partial charge in [0, 0.05) is 11.8 Å². The first-order valence-electron chi connectivity index (χ1n) is 10.7. The van der Waals surface area contributed by atoms with Crippen LogP contribution < -0.4 is 0 Å². The molecule has 0 N–H and O–H groups in total. The normalized spacial score (nSPS) is 10.8. The quantitative estimate of drug-likeness (QED) is 0.259. The van der Waals surface area contributed by atoms with Crippen LogP contribution in [0.2, 0.25) is 0 Å². The van der Waals surface area contributed by atoms with Crippen LogP contribution in [0.5, 0.6) is 0 Å². The lowest BCUT2D eigenvalue weighted by Crippen LogP contribution is -2.17. The summed E-state index contributed by atoms with van der Waals surface area (Å²) in [5.74, 6) is -1.69. The molecule has 6 nitrogen and oxygen atoms in total. The van der Waals surface area contributed by atoms with Crippen molar-refractivity contribution in [3.63, 3.8) is 0 Å². The molecule has 0 atom stereocenters. The smallest absolute Gasteiger partial charge is 0.341 e. The minimum absolute atomic E-state index is 0.0438. The largest absolute Gasteiger partial charge is 0.462 e. The lowest BCUT2D eigenvalue weighted by Gasteiger charge is -2.09. The molecule has 0 saturated carbocycles. The molecule has 2 heterocycles. The van der Waals surface area contributed by atoms with Gasteiger partial charge >= 0.3 is 11.9 Å². The molecule has 162 valence electrons. The van der Waals surface area contributed by atoms with Crippen molar-refractivity contribution >= 4 is 23.2 Å². The Balaban J connectivity index is 2.18. The van der Waals surface area contributed by atoms with Gasteiger partial charge < -0.3 is 13.9 Å².